The van der Waals surface area contributed by atoms with Gasteiger partial charge in [-0.15, -0.1) is 0 Å². The zero-order chi connectivity index (χ0) is 24.0. The molecule has 1 amide bonds. The topological polar surface area (TPSA) is 92.4 Å². The number of anilines is 2. The van der Waals surface area contributed by atoms with Crippen LogP contribution in [-0.2, 0) is 11.3 Å². The molecule has 8 nitrogen and oxygen atoms in total. The van der Waals surface area contributed by atoms with Crippen LogP contribution < -0.4 is 15.0 Å². The van der Waals surface area contributed by atoms with E-state index in [0.29, 0.717) is 31.1 Å². The number of H-pyrrole nitrogens is 1. The average Bonchev–Trinajstić information content (AvgIpc) is 3.45. The number of rotatable bonds is 7. The van der Waals surface area contributed by atoms with Crippen LogP contribution in [0.25, 0.3) is 11.4 Å². The van der Waals surface area contributed by atoms with E-state index in [4.69, 9.17) is 9.47 Å². The van der Waals surface area contributed by atoms with Crippen molar-refractivity contribution < 1.29 is 14.3 Å². The number of aromatic amines is 1. The minimum absolute atomic E-state index is 0.185. The number of benzene rings is 2. The zero-order valence-corrected chi connectivity index (χ0v) is 19.5. The quantitative estimate of drug-likeness (QED) is 0.416. The van der Waals surface area contributed by atoms with Crippen LogP contribution in [0.2, 0.25) is 0 Å². The third-order valence-corrected chi connectivity index (χ3v) is 5.97. The van der Waals surface area contributed by atoms with Crippen LogP contribution in [0, 0.1) is 6.92 Å². The van der Waals surface area contributed by atoms with Crippen LogP contribution in [-0.4, -0.2) is 47.2 Å². The lowest BCUT2D eigenvalue weighted by atomic mass is 10.1. The van der Waals surface area contributed by atoms with Crippen molar-refractivity contribution in [3.63, 3.8) is 0 Å². The van der Waals surface area contributed by atoms with E-state index in [1.165, 1.54) is 0 Å². The van der Waals surface area contributed by atoms with Crippen LogP contribution in [0.15, 0.2) is 73.2 Å². The fourth-order valence-corrected chi connectivity index (χ4v) is 4.01. The molecular formula is C27H27N5O3. The predicted octanol–water partition coefficient (Wildman–Crippen LogP) is 4.45. The minimum Gasteiger partial charge on any atom is -0.487 e. The molecule has 1 fully saturated rings. The van der Waals surface area contributed by atoms with Gasteiger partial charge in [0.1, 0.15) is 23.9 Å². The van der Waals surface area contributed by atoms with E-state index in [9.17, 15) is 4.79 Å². The number of ether oxygens (including phenoxy) is 2. The van der Waals surface area contributed by atoms with Crippen LogP contribution in [0.3, 0.4) is 0 Å². The summed E-state index contributed by atoms with van der Waals surface area (Å²) in [4.78, 5) is 27.0. The summed E-state index contributed by atoms with van der Waals surface area (Å²) in [7, 11) is 0. The van der Waals surface area contributed by atoms with Crippen LogP contribution in [0.5, 0.6) is 5.75 Å². The van der Waals surface area contributed by atoms with Crippen LogP contribution >= 0.6 is 0 Å². The summed E-state index contributed by atoms with van der Waals surface area (Å²) in [5, 5.41) is 3.00. The Morgan fingerprint density at radius 1 is 1.09 bits per heavy atom. The highest BCUT2D eigenvalue weighted by Crippen LogP contribution is 2.25. The Hall–Kier alpha value is -4.17. The maximum Gasteiger partial charge on any atom is 0.255 e. The summed E-state index contributed by atoms with van der Waals surface area (Å²) in [6.07, 6.45) is 5.25. The monoisotopic (exact) mass is 469 g/mol. The molecule has 1 aliphatic heterocycles. The molecule has 2 aromatic carbocycles. The number of aryl methyl sites for hydroxylation is 1. The maximum atomic E-state index is 12.9. The van der Waals surface area contributed by atoms with E-state index >= 15 is 0 Å². The van der Waals surface area contributed by atoms with Crippen molar-refractivity contribution in [1.29, 1.82) is 0 Å². The molecule has 1 saturated heterocycles. The highest BCUT2D eigenvalue weighted by molar-refractivity contribution is 6.05. The summed E-state index contributed by atoms with van der Waals surface area (Å²) < 4.78 is 11.4. The normalized spacial score (nSPS) is 13.5. The first-order valence-electron chi connectivity index (χ1n) is 11.6. The molecule has 0 unspecified atom stereocenters. The number of carbonyl (C=O) groups excluding carboxylic acids is 1. The lowest BCUT2D eigenvalue weighted by Crippen LogP contribution is -2.37. The molecule has 1 aliphatic rings. The Balaban J connectivity index is 1.23. The number of pyridine rings is 1. The first-order valence-corrected chi connectivity index (χ1v) is 11.6. The van der Waals surface area contributed by atoms with Crippen molar-refractivity contribution >= 4 is 17.3 Å². The largest absolute Gasteiger partial charge is 0.487 e. The fraction of sp³-hybridized carbons (Fsp3) is 0.222. The smallest absolute Gasteiger partial charge is 0.255 e. The fourth-order valence-electron chi connectivity index (χ4n) is 4.01. The molecule has 2 aromatic heterocycles. The van der Waals surface area contributed by atoms with Gasteiger partial charge in [0, 0.05) is 48.5 Å². The third-order valence-electron chi connectivity index (χ3n) is 5.97. The summed E-state index contributed by atoms with van der Waals surface area (Å²) in [5.74, 6) is 1.25. The molecule has 2 N–H and O–H groups in total. The molecule has 35 heavy (non-hydrogen) atoms. The zero-order valence-electron chi connectivity index (χ0n) is 19.5. The van der Waals surface area contributed by atoms with Gasteiger partial charge in [0.25, 0.3) is 5.91 Å². The summed E-state index contributed by atoms with van der Waals surface area (Å²) in [5.41, 5.74) is 5.12. The molecule has 0 spiro atoms. The Bertz CT molecular complexity index is 1280. The molecule has 3 heterocycles. The van der Waals surface area contributed by atoms with E-state index in [2.05, 4.69) is 31.2 Å². The third kappa shape index (κ3) is 5.33. The molecule has 0 atom stereocenters. The van der Waals surface area contributed by atoms with Gasteiger partial charge in [0.2, 0.25) is 0 Å². The van der Waals surface area contributed by atoms with E-state index in [1.807, 2.05) is 31.2 Å². The summed E-state index contributed by atoms with van der Waals surface area (Å²) in [6.45, 7) is 5.41. The number of aromatic nitrogens is 3. The van der Waals surface area contributed by atoms with Gasteiger partial charge in [-0.1, -0.05) is 12.1 Å². The minimum atomic E-state index is -0.185. The second-order valence-corrected chi connectivity index (χ2v) is 8.30. The Morgan fingerprint density at radius 2 is 1.91 bits per heavy atom. The van der Waals surface area contributed by atoms with Crippen LogP contribution in [0.4, 0.5) is 11.4 Å². The van der Waals surface area contributed by atoms with Gasteiger partial charge < -0.3 is 24.7 Å². The highest BCUT2D eigenvalue weighted by Gasteiger charge is 2.16. The van der Waals surface area contributed by atoms with E-state index < -0.39 is 0 Å². The van der Waals surface area contributed by atoms with Crippen molar-refractivity contribution in [2.24, 2.45) is 0 Å². The van der Waals surface area contributed by atoms with Crippen molar-refractivity contribution in [1.82, 2.24) is 15.0 Å². The van der Waals surface area contributed by atoms with Gasteiger partial charge in [0.15, 0.2) is 0 Å². The van der Waals surface area contributed by atoms with Crippen molar-refractivity contribution in [3.8, 4) is 17.1 Å². The van der Waals surface area contributed by atoms with Gasteiger partial charge >= 0.3 is 0 Å². The second-order valence-electron chi connectivity index (χ2n) is 8.30. The Labute approximate surface area is 203 Å². The number of hydrogen-bond acceptors (Lipinski definition) is 6. The molecule has 0 radical (unpaired) electrons. The molecule has 0 aliphatic carbocycles. The number of nitrogens with zero attached hydrogens (tertiary/aromatic N) is 3. The Kier molecular flexibility index (Phi) is 6.72. The molecule has 5 rings (SSSR count). The first-order chi connectivity index (χ1) is 17.2. The van der Waals surface area contributed by atoms with Gasteiger partial charge in [0.05, 0.1) is 18.9 Å². The van der Waals surface area contributed by atoms with E-state index in [1.54, 1.807) is 42.9 Å². The number of hydrogen-bond donors (Lipinski definition) is 2. The lowest BCUT2D eigenvalue weighted by Gasteiger charge is -2.30. The van der Waals surface area contributed by atoms with Crippen molar-refractivity contribution in [2.75, 3.05) is 36.5 Å². The number of carbonyl (C=O) groups is 1. The van der Waals surface area contributed by atoms with Gasteiger partial charge in [-0.2, -0.15) is 0 Å². The van der Waals surface area contributed by atoms with Crippen molar-refractivity contribution in [2.45, 2.75) is 13.5 Å². The number of morpholine rings is 1. The van der Waals surface area contributed by atoms with Gasteiger partial charge in [-0.3, -0.25) is 9.78 Å². The summed E-state index contributed by atoms with van der Waals surface area (Å²) >= 11 is 0. The SMILES string of the molecule is Cc1ccc(-c2ncc[nH]2)cc1NC(=O)c1ccc(OCc2ncccc2N2CCOCC2)cc1. The summed E-state index contributed by atoms with van der Waals surface area (Å²) in [6, 6.07) is 17.0. The molecule has 178 valence electrons. The van der Waals surface area contributed by atoms with E-state index in [-0.39, 0.29) is 5.91 Å². The average molecular weight is 470 g/mol. The maximum absolute atomic E-state index is 12.9. The molecule has 0 bridgehead atoms. The molecule has 8 heteroatoms. The van der Waals surface area contributed by atoms with E-state index in [0.717, 1.165) is 47.1 Å². The number of nitrogens with one attached hydrogen (secondary N) is 2. The van der Waals surface area contributed by atoms with Gasteiger partial charge in [-0.25, -0.2) is 4.98 Å². The molecule has 4 aromatic rings. The Morgan fingerprint density at radius 3 is 2.69 bits per heavy atom. The van der Waals surface area contributed by atoms with Crippen molar-refractivity contribution in [3.05, 3.63) is 90.0 Å². The predicted molar refractivity (Wildman–Crippen MR) is 135 cm³/mol. The van der Waals surface area contributed by atoms with Crippen LogP contribution in [0.1, 0.15) is 21.6 Å². The number of amides is 1. The highest BCUT2D eigenvalue weighted by atomic mass is 16.5. The molecular weight excluding hydrogens is 442 g/mol. The standard InChI is InChI=1S/C27H27N5O3/c1-19-4-5-21(26-29-11-12-30-26)17-23(19)31-27(33)20-6-8-22(9-7-20)35-18-24-25(3-2-10-28-24)32-13-15-34-16-14-32/h2-12,17H,13-16,18H2,1H3,(H,29,30)(H,31,33). The molecule has 0 saturated carbocycles. The lowest BCUT2D eigenvalue weighted by molar-refractivity contribution is 0.102. The van der Waals surface area contributed by atoms with Gasteiger partial charge in [-0.05, 0) is 55.0 Å². The first kappa shape index (κ1) is 22.6. The number of imidazole rings is 1. The second kappa shape index (κ2) is 10.4.